The van der Waals surface area contributed by atoms with Gasteiger partial charge >= 0.3 is 11.7 Å². The van der Waals surface area contributed by atoms with Crippen LogP contribution in [0.4, 0.5) is 11.5 Å². The third-order valence-corrected chi connectivity index (χ3v) is 3.41. The van der Waals surface area contributed by atoms with Crippen LogP contribution in [0.1, 0.15) is 12.5 Å². The van der Waals surface area contributed by atoms with Crippen molar-refractivity contribution in [2.75, 3.05) is 18.0 Å². The average molecular weight is 265 g/mol. The maximum atomic E-state index is 11.1. The van der Waals surface area contributed by atoms with E-state index in [9.17, 15) is 14.9 Å². The summed E-state index contributed by atoms with van der Waals surface area (Å²) in [5, 5.41) is 20.1. The lowest BCUT2D eigenvalue weighted by molar-refractivity contribution is -0.384. The largest absolute Gasteiger partial charge is 0.481 e. The lowest BCUT2D eigenvalue weighted by Crippen LogP contribution is -2.24. The van der Waals surface area contributed by atoms with E-state index in [4.69, 9.17) is 5.11 Å². The topological polar surface area (TPSA) is 96.6 Å². The summed E-state index contributed by atoms with van der Waals surface area (Å²) >= 11 is 0. The molecule has 0 spiro atoms. The Morgan fingerprint density at radius 2 is 2.26 bits per heavy atom. The number of pyridine rings is 1. The minimum atomic E-state index is -0.871. The fourth-order valence-electron chi connectivity index (χ4n) is 2.39. The first-order valence-electron chi connectivity index (χ1n) is 5.99. The van der Waals surface area contributed by atoms with E-state index in [1.165, 1.54) is 6.07 Å². The van der Waals surface area contributed by atoms with Crippen LogP contribution in [0, 0.1) is 28.9 Å². The maximum absolute atomic E-state index is 11.1. The smallest absolute Gasteiger partial charge is 0.311 e. The molecule has 0 bridgehead atoms. The average Bonchev–Trinajstić information content (AvgIpc) is 2.71. The van der Waals surface area contributed by atoms with Crippen molar-refractivity contribution in [3.63, 3.8) is 0 Å². The number of hydrogen-bond acceptors (Lipinski definition) is 5. The highest BCUT2D eigenvalue weighted by atomic mass is 16.6. The van der Waals surface area contributed by atoms with Crippen molar-refractivity contribution in [3.8, 4) is 0 Å². The molecule has 1 saturated heterocycles. The number of nitro groups is 1. The summed E-state index contributed by atoms with van der Waals surface area (Å²) in [6, 6.07) is 1.46. The summed E-state index contributed by atoms with van der Waals surface area (Å²) in [6.45, 7) is 4.29. The van der Waals surface area contributed by atoms with E-state index in [0.29, 0.717) is 12.1 Å². The third kappa shape index (κ3) is 2.49. The molecule has 2 rings (SSSR count). The summed E-state index contributed by atoms with van der Waals surface area (Å²) in [5.41, 5.74) is 0.635. The Bertz CT molecular complexity index is 532. The molecule has 0 aliphatic carbocycles. The Kier molecular flexibility index (Phi) is 3.37. The van der Waals surface area contributed by atoms with Crippen molar-refractivity contribution < 1.29 is 14.8 Å². The van der Waals surface area contributed by atoms with Gasteiger partial charge in [-0.3, -0.25) is 14.9 Å². The number of carbonyl (C=O) groups is 1. The molecule has 0 amide bonds. The summed E-state index contributed by atoms with van der Waals surface area (Å²) in [5.74, 6) is -1.18. The van der Waals surface area contributed by atoms with Crippen LogP contribution in [0.25, 0.3) is 0 Å². The molecule has 1 fully saturated rings. The minimum absolute atomic E-state index is 0.0554. The Labute approximate surface area is 110 Å². The Morgan fingerprint density at radius 1 is 1.58 bits per heavy atom. The minimum Gasteiger partial charge on any atom is -0.481 e. The van der Waals surface area contributed by atoms with Crippen LogP contribution < -0.4 is 4.90 Å². The molecule has 19 heavy (non-hydrogen) atoms. The van der Waals surface area contributed by atoms with E-state index in [2.05, 4.69) is 4.98 Å². The van der Waals surface area contributed by atoms with Crippen LogP contribution in [-0.4, -0.2) is 34.1 Å². The Balaban J connectivity index is 2.33. The maximum Gasteiger partial charge on any atom is 0.311 e. The molecular formula is C12H15N3O4. The van der Waals surface area contributed by atoms with Gasteiger partial charge in [-0.1, -0.05) is 6.92 Å². The first kappa shape index (κ1) is 13.3. The lowest BCUT2D eigenvalue weighted by Gasteiger charge is -2.16. The molecule has 1 aromatic rings. The first-order valence-corrected chi connectivity index (χ1v) is 5.99. The number of anilines is 1. The molecule has 1 N–H and O–H groups in total. The summed E-state index contributed by atoms with van der Waals surface area (Å²) in [4.78, 5) is 27.4. The normalized spacial score (nSPS) is 22.5. The van der Waals surface area contributed by atoms with E-state index >= 15 is 0 Å². The second-order valence-electron chi connectivity index (χ2n) is 4.94. The molecule has 2 atom stereocenters. The lowest BCUT2D eigenvalue weighted by atomic mass is 9.99. The van der Waals surface area contributed by atoms with Gasteiger partial charge in [0.2, 0.25) is 5.82 Å². The van der Waals surface area contributed by atoms with Gasteiger partial charge in [-0.05, 0) is 18.4 Å². The molecule has 1 aromatic heterocycles. The zero-order valence-corrected chi connectivity index (χ0v) is 10.7. The van der Waals surface area contributed by atoms with Gasteiger partial charge in [-0.15, -0.1) is 0 Å². The van der Waals surface area contributed by atoms with Crippen molar-refractivity contribution in [2.24, 2.45) is 11.8 Å². The number of hydrogen-bond donors (Lipinski definition) is 1. The van der Waals surface area contributed by atoms with E-state index in [1.807, 2.05) is 6.92 Å². The van der Waals surface area contributed by atoms with Gasteiger partial charge in [0.25, 0.3) is 0 Å². The molecule has 0 aromatic carbocycles. The summed E-state index contributed by atoms with van der Waals surface area (Å²) in [7, 11) is 0. The molecule has 1 aliphatic rings. The van der Waals surface area contributed by atoms with Crippen LogP contribution in [0.15, 0.2) is 12.3 Å². The Morgan fingerprint density at radius 3 is 2.79 bits per heavy atom. The predicted octanol–water partition coefficient (Wildman–Crippen LogP) is 1.46. The van der Waals surface area contributed by atoms with Crippen molar-refractivity contribution in [3.05, 3.63) is 27.9 Å². The van der Waals surface area contributed by atoms with E-state index < -0.39 is 16.8 Å². The highest BCUT2D eigenvalue weighted by Crippen LogP contribution is 2.33. The van der Waals surface area contributed by atoms with E-state index in [-0.39, 0.29) is 24.0 Å². The van der Waals surface area contributed by atoms with Crippen LogP contribution in [0.3, 0.4) is 0 Å². The Hall–Kier alpha value is -2.18. The van der Waals surface area contributed by atoms with Gasteiger partial charge < -0.3 is 10.0 Å². The number of carboxylic acid groups (broad SMARTS) is 1. The van der Waals surface area contributed by atoms with Gasteiger partial charge in [0, 0.05) is 25.4 Å². The van der Waals surface area contributed by atoms with Crippen molar-refractivity contribution in [2.45, 2.75) is 13.8 Å². The second-order valence-corrected chi connectivity index (χ2v) is 4.94. The fourth-order valence-corrected chi connectivity index (χ4v) is 2.39. The third-order valence-electron chi connectivity index (χ3n) is 3.41. The van der Waals surface area contributed by atoms with Crippen LogP contribution in [-0.2, 0) is 4.79 Å². The zero-order chi connectivity index (χ0) is 14.2. The van der Waals surface area contributed by atoms with Gasteiger partial charge in [-0.2, -0.15) is 0 Å². The number of carboxylic acids is 1. The molecule has 1 aliphatic heterocycles. The highest BCUT2D eigenvalue weighted by Gasteiger charge is 2.37. The molecule has 7 nitrogen and oxygen atoms in total. The van der Waals surface area contributed by atoms with Gasteiger partial charge in [0.15, 0.2) is 0 Å². The predicted molar refractivity (Wildman–Crippen MR) is 68.1 cm³/mol. The van der Waals surface area contributed by atoms with Crippen LogP contribution in [0.2, 0.25) is 0 Å². The molecule has 7 heteroatoms. The second kappa shape index (κ2) is 4.83. The molecule has 0 unspecified atom stereocenters. The first-order chi connectivity index (χ1) is 8.90. The zero-order valence-electron chi connectivity index (χ0n) is 10.7. The SMILES string of the molecule is Cc1cnc(N2C[C@@H](C)[C@H](C(=O)O)C2)c([N+](=O)[O-])c1. The monoisotopic (exact) mass is 265 g/mol. The molecule has 102 valence electrons. The van der Waals surface area contributed by atoms with E-state index in [1.54, 1.807) is 18.0 Å². The quantitative estimate of drug-likeness (QED) is 0.656. The molecule has 0 saturated carbocycles. The number of aryl methyl sites for hydroxylation is 1. The van der Waals surface area contributed by atoms with Crippen LogP contribution >= 0.6 is 0 Å². The molecule has 2 heterocycles. The van der Waals surface area contributed by atoms with E-state index in [0.717, 1.165) is 0 Å². The van der Waals surface area contributed by atoms with Crippen LogP contribution in [0.5, 0.6) is 0 Å². The van der Waals surface area contributed by atoms with Gasteiger partial charge in [-0.25, -0.2) is 4.98 Å². The number of aromatic nitrogens is 1. The van der Waals surface area contributed by atoms with Crippen molar-refractivity contribution >= 4 is 17.5 Å². The molecular weight excluding hydrogens is 250 g/mol. The number of rotatable bonds is 3. The van der Waals surface area contributed by atoms with Gasteiger partial charge in [0.05, 0.1) is 10.8 Å². The number of nitrogens with zero attached hydrogens (tertiary/aromatic N) is 3. The standard InChI is InChI=1S/C12H15N3O4/c1-7-3-10(15(18)19)11(13-4-7)14-5-8(2)9(6-14)12(16)17/h3-4,8-9H,5-6H2,1-2H3,(H,16,17)/t8-,9-/m1/s1. The van der Waals surface area contributed by atoms with Gasteiger partial charge in [0.1, 0.15) is 0 Å². The van der Waals surface area contributed by atoms with Crippen molar-refractivity contribution in [1.82, 2.24) is 4.98 Å². The summed E-state index contributed by atoms with van der Waals surface area (Å²) in [6.07, 6.45) is 1.56. The highest BCUT2D eigenvalue weighted by molar-refractivity contribution is 5.73. The fraction of sp³-hybridized carbons (Fsp3) is 0.500. The van der Waals surface area contributed by atoms with Crippen molar-refractivity contribution in [1.29, 1.82) is 0 Å². The molecule has 0 radical (unpaired) electrons. The summed E-state index contributed by atoms with van der Waals surface area (Å²) < 4.78 is 0. The number of aliphatic carboxylic acids is 1.